The van der Waals surface area contributed by atoms with E-state index in [9.17, 15) is 0 Å². The van der Waals surface area contributed by atoms with Crippen LogP contribution in [-0.2, 0) is 0 Å². The molecule has 2 aromatic rings. The Balaban J connectivity index is 2.46. The van der Waals surface area contributed by atoms with Crippen LogP contribution in [-0.4, -0.2) is 22.9 Å². The first kappa shape index (κ1) is 7.18. The number of rotatable bonds is 2. The highest BCUT2D eigenvalue weighted by atomic mass is 16.5. The fourth-order valence-electron chi connectivity index (χ4n) is 1.09. The van der Waals surface area contributed by atoms with Crippen LogP contribution in [0.4, 0.5) is 0 Å². The molecule has 60 valence electrons. The number of benzene rings is 1. The van der Waals surface area contributed by atoms with Gasteiger partial charge >= 0.3 is 7.69 Å². The number of aromatic nitrogens is 2. The molecule has 0 aliphatic rings. The second-order valence-corrected chi connectivity index (χ2v) is 2.39. The quantitative estimate of drug-likeness (QED) is 0.620. The lowest BCUT2D eigenvalue weighted by molar-refractivity contribution is 0.454. The predicted octanol–water partition coefficient (Wildman–Crippen LogP) is 0.200. The average Bonchev–Trinajstić information content (AvgIpc) is 2.51. The Morgan fingerprint density at radius 3 is 3.25 bits per heavy atom. The Morgan fingerprint density at radius 2 is 2.42 bits per heavy atom. The van der Waals surface area contributed by atoms with Gasteiger partial charge in [-0.25, -0.2) is 0 Å². The normalized spacial score (nSPS) is 10.1. The lowest BCUT2D eigenvalue weighted by Gasteiger charge is -1.99. The summed E-state index contributed by atoms with van der Waals surface area (Å²) in [5.74, 6) is 0.645. The summed E-state index contributed by atoms with van der Waals surface area (Å²) < 4.78 is 4.90. The van der Waals surface area contributed by atoms with Gasteiger partial charge in [0.05, 0.1) is 11.7 Å². The van der Waals surface area contributed by atoms with Crippen LogP contribution in [0, 0.1) is 0 Å². The van der Waals surface area contributed by atoms with Crippen molar-refractivity contribution in [2.24, 2.45) is 0 Å². The van der Waals surface area contributed by atoms with Gasteiger partial charge in [-0.3, -0.25) is 5.10 Å². The maximum absolute atomic E-state index is 8.50. The topological polar surface area (TPSA) is 58.1 Å². The van der Waals surface area contributed by atoms with Crippen LogP contribution in [0.3, 0.4) is 0 Å². The van der Waals surface area contributed by atoms with Crippen molar-refractivity contribution in [1.29, 1.82) is 0 Å². The molecule has 1 heterocycles. The lowest BCUT2D eigenvalue weighted by atomic mass is 10.2. The number of nitrogens with one attached hydrogen (secondary N) is 1. The zero-order chi connectivity index (χ0) is 8.39. The van der Waals surface area contributed by atoms with Crippen molar-refractivity contribution in [3.8, 4) is 5.75 Å². The average molecular weight is 162 g/mol. The second kappa shape index (κ2) is 2.87. The molecule has 0 fully saturated rings. The number of H-pyrrole nitrogens is 1. The van der Waals surface area contributed by atoms with Crippen LogP contribution < -0.4 is 4.65 Å². The van der Waals surface area contributed by atoms with Gasteiger partial charge in [-0.2, -0.15) is 5.10 Å². The zero-order valence-electron chi connectivity index (χ0n) is 6.32. The van der Waals surface area contributed by atoms with Crippen LogP contribution in [0.2, 0.25) is 0 Å². The highest BCUT2D eigenvalue weighted by Gasteiger charge is 1.97. The van der Waals surface area contributed by atoms with Gasteiger partial charge in [0.2, 0.25) is 0 Å². The number of aromatic amines is 1. The summed E-state index contributed by atoms with van der Waals surface area (Å²) in [5.41, 5.74) is 0.959. The van der Waals surface area contributed by atoms with E-state index in [1.165, 1.54) is 0 Å². The van der Waals surface area contributed by atoms with E-state index < -0.39 is 0 Å². The molecule has 0 saturated heterocycles. The van der Waals surface area contributed by atoms with E-state index in [4.69, 9.17) is 9.68 Å². The molecule has 0 aliphatic carbocycles. The predicted molar refractivity (Wildman–Crippen MR) is 46.1 cm³/mol. The third-order valence-corrected chi connectivity index (χ3v) is 1.64. The van der Waals surface area contributed by atoms with Gasteiger partial charge in [-0.1, -0.05) is 0 Å². The minimum Gasteiger partial charge on any atom is -0.539 e. The van der Waals surface area contributed by atoms with Crippen LogP contribution >= 0.6 is 0 Å². The smallest absolute Gasteiger partial charge is 0.504 e. The van der Waals surface area contributed by atoms with E-state index in [-0.39, 0.29) is 7.69 Å². The fraction of sp³-hybridized carbons (Fsp3) is 0. The van der Waals surface area contributed by atoms with Crippen molar-refractivity contribution in [3.05, 3.63) is 24.4 Å². The zero-order valence-corrected chi connectivity index (χ0v) is 6.32. The van der Waals surface area contributed by atoms with Crippen LogP contribution in [0.25, 0.3) is 10.9 Å². The summed E-state index contributed by atoms with van der Waals surface area (Å²) in [5, 5.41) is 16.2. The summed E-state index contributed by atoms with van der Waals surface area (Å²) in [7, 11) is -0.302. The molecule has 12 heavy (non-hydrogen) atoms. The third-order valence-electron chi connectivity index (χ3n) is 1.64. The van der Waals surface area contributed by atoms with Gasteiger partial charge in [-0.05, 0) is 18.2 Å². The minimum atomic E-state index is -0.302. The largest absolute Gasteiger partial charge is 0.539 e. The molecule has 1 aromatic heterocycles. The molecule has 5 heteroatoms. The van der Waals surface area contributed by atoms with Gasteiger partial charge in [0.1, 0.15) is 5.75 Å². The molecule has 1 aromatic carbocycles. The maximum Gasteiger partial charge on any atom is 0.504 e. The molecule has 4 nitrogen and oxygen atoms in total. The monoisotopic (exact) mass is 162 g/mol. The Morgan fingerprint density at radius 1 is 1.50 bits per heavy atom. The molecule has 0 spiro atoms. The van der Waals surface area contributed by atoms with Crippen molar-refractivity contribution >= 4 is 18.6 Å². The first-order valence-corrected chi connectivity index (χ1v) is 3.57. The van der Waals surface area contributed by atoms with E-state index in [0.717, 1.165) is 10.9 Å². The molecule has 0 atom stereocenters. The van der Waals surface area contributed by atoms with E-state index >= 15 is 0 Å². The fourth-order valence-corrected chi connectivity index (χ4v) is 1.09. The molecule has 2 N–H and O–H groups in total. The highest BCUT2D eigenvalue weighted by molar-refractivity contribution is 6.17. The van der Waals surface area contributed by atoms with Crippen LogP contribution in [0.1, 0.15) is 0 Å². The molecule has 0 aliphatic heterocycles. The van der Waals surface area contributed by atoms with Crippen molar-refractivity contribution < 1.29 is 9.68 Å². The summed E-state index contributed by atoms with van der Waals surface area (Å²) >= 11 is 0. The molecular weight excluding hydrogens is 155 g/mol. The number of nitrogens with zero attached hydrogens (tertiary/aromatic N) is 1. The first-order chi connectivity index (χ1) is 5.90. The van der Waals surface area contributed by atoms with Crippen LogP contribution in [0.15, 0.2) is 24.4 Å². The first-order valence-electron chi connectivity index (χ1n) is 3.57. The van der Waals surface area contributed by atoms with Gasteiger partial charge in [-0.15, -0.1) is 0 Å². The summed E-state index contributed by atoms with van der Waals surface area (Å²) in [6.45, 7) is 0. The number of hydrogen-bond donors (Lipinski definition) is 2. The molecule has 0 unspecified atom stereocenters. The maximum atomic E-state index is 8.50. The molecular formula is C7H7BN2O2. The Bertz CT molecular complexity index is 388. The Kier molecular flexibility index (Phi) is 1.71. The highest BCUT2D eigenvalue weighted by Crippen LogP contribution is 2.17. The van der Waals surface area contributed by atoms with Crippen LogP contribution in [0.5, 0.6) is 5.75 Å². The summed E-state index contributed by atoms with van der Waals surface area (Å²) in [6, 6.07) is 5.44. The second-order valence-electron chi connectivity index (χ2n) is 2.39. The van der Waals surface area contributed by atoms with Crippen molar-refractivity contribution in [1.82, 2.24) is 10.2 Å². The van der Waals surface area contributed by atoms with Gasteiger partial charge < -0.3 is 9.68 Å². The van der Waals surface area contributed by atoms with E-state index in [0.29, 0.717) is 5.75 Å². The lowest BCUT2D eigenvalue weighted by Crippen LogP contribution is -1.98. The Hall–Kier alpha value is -1.49. The van der Waals surface area contributed by atoms with Gasteiger partial charge in [0.15, 0.2) is 0 Å². The molecule has 0 amide bonds. The molecule has 0 radical (unpaired) electrons. The molecule has 0 bridgehead atoms. The molecule has 0 saturated carbocycles. The van der Waals surface area contributed by atoms with Gasteiger partial charge in [0, 0.05) is 5.39 Å². The minimum absolute atomic E-state index is 0.302. The van der Waals surface area contributed by atoms with Crippen molar-refractivity contribution in [2.45, 2.75) is 0 Å². The number of fused-ring (bicyclic) bond motifs is 1. The number of hydrogen-bond acceptors (Lipinski definition) is 3. The summed E-state index contributed by atoms with van der Waals surface area (Å²) in [4.78, 5) is 0. The van der Waals surface area contributed by atoms with Gasteiger partial charge in [0.25, 0.3) is 0 Å². The van der Waals surface area contributed by atoms with E-state index in [1.807, 2.05) is 12.1 Å². The molecule has 2 rings (SSSR count). The summed E-state index contributed by atoms with van der Waals surface area (Å²) in [6.07, 6.45) is 1.71. The van der Waals surface area contributed by atoms with Crippen molar-refractivity contribution in [2.75, 3.05) is 0 Å². The van der Waals surface area contributed by atoms with E-state index in [1.54, 1.807) is 12.3 Å². The van der Waals surface area contributed by atoms with E-state index in [2.05, 4.69) is 10.2 Å². The standard InChI is InChI=1S/C7H7BN2O2/c11-8-12-6-1-2-7-5(3-6)4-9-10-7/h1-4,8,11H,(H,9,10). The van der Waals surface area contributed by atoms with Crippen molar-refractivity contribution in [3.63, 3.8) is 0 Å². The SMILES string of the molecule is OBOc1ccc2[nH]ncc2c1. The third kappa shape index (κ3) is 1.14. The Labute approximate surface area is 69.5 Å².